The molecule has 1 amide bonds. The molecule has 8 nitrogen and oxygen atoms in total. The number of esters is 2. The van der Waals surface area contributed by atoms with E-state index < -0.39 is 29.9 Å². The van der Waals surface area contributed by atoms with Gasteiger partial charge in [0.05, 0.1) is 0 Å². The molecule has 9 heteroatoms. The molecular weight excluding hydrogens is 432 g/mol. The number of hydrogen-bond donors (Lipinski definition) is 1. The summed E-state index contributed by atoms with van der Waals surface area (Å²) in [5.74, 6) is -0.589. The lowest BCUT2D eigenvalue weighted by molar-refractivity contribution is -0.186. The van der Waals surface area contributed by atoms with Gasteiger partial charge in [-0.2, -0.15) is 0 Å². The Bertz CT molecular complexity index is 730. The van der Waals surface area contributed by atoms with E-state index in [-0.39, 0.29) is 0 Å². The molecule has 0 saturated heterocycles. The summed E-state index contributed by atoms with van der Waals surface area (Å²) in [5.41, 5.74) is 0.0661. The van der Waals surface area contributed by atoms with Crippen molar-refractivity contribution in [3.8, 4) is 0 Å². The quantitative estimate of drug-likeness (QED) is 0.216. The molecule has 0 saturated carbocycles. The minimum Gasteiger partial charge on any atom is -0.444 e. The smallest absolute Gasteiger partial charge is 0.407 e. The largest absolute Gasteiger partial charge is 0.444 e. The van der Waals surface area contributed by atoms with E-state index in [4.69, 9.17) is 14.2 Å². The third kappa shape index (κ3) is 12.6. The highest BCUT2D eigenvalue weighted by atomic mass is 32.2. The lowest BCUT2D eigenvalue weighted by atomic mass is 10.2. The van der Waals surface area contributed by atoms with Gasteiger partial charge in [0, 0.05) is 43.9 Å². The summed E-state index contributed by atoms with van der Waals surface area (Å²) in [7, 11) is 0. The van der Waals surface area contributed by atoms with Crippen LogP contribution in [0, 0.1) is 5.92 Å². The number of nitrogens with one attached hydrogen (secondary N) is 1. The fraction of sp³-hybridized carbons (Fsp3) is 0.609. The first-order chi connectivity index (χ1) is 14.9. The Kier molecular flexibility index (Phi) is 11.6. The van der Waals surface area contributed by atoms with Crippen LogP contribution in [0.2, 0.25) is 0 Å². The second kappa shape index (κ2) is 13.3. The molecule has 0 aliphatic rings. The summed E-state index contributed by atoms with van der Waals surface area (Å²) in [6, 6.07) is 7.34. The number of amides is 1. The molecule has 32 heavy (non-hydrogen) atoms. The van der Waals surface area contributed by atoms with Gasteiger partial charge in [0.25, 0.3) is 6.29 Å². The van der Waals surface area contributed by atoms with E-state index in [2.05, 4.69) is 23.5 Å². The van der Waals surface area contributed by atoms with Crippen molar-refractivity contribution in [3.63, 3.8) is 0 Å². The molecule has 0 spiro atoms. The fourth-order valence-corrected chi connectivity index (χ4v) is 3.79. The molecule has 0 atom stereocenters. The fourth-order valence-electron chi connectivity index (χ4n) is 2.64. The molecular formula is C23H36N2O6S. The number of alkyl carbamates (subject to hydrolysis) is 1. The van der Waals surface area contributed by atoms with Gasteiger partial charge in [0.15, 0.2) is 0 Å². The summed E-state index contributed by atoms with van der Waals surface area (Å²) in [6.07, 6.45) is -0.695. The van der Waals surface area contributed by atoms with Crippen molar-refractivity contribution in [2.75, 3.05) is 19.6 Å². The summed E-state index contributed by atoms with van der Waals surface area (Å²) in [5, 5.41) is 2.78. The van der Waals surface area contributed by atoms with Gasteiger partial charge in [-0.3, -0.25) is 9.59 Å². The summed E-state index contributed by atoms with van der Waals surface area (Å²) in [6.45, 7) is 14.5. The monoisotopic (exact) mass is 468 g/mol. The number of rotatable bonds is 11. The van der Waals surface area contributed by atoms with Crippen LogP contribution in [0.25, 0.3) is 0 Å². The normalized spacial score (nSPS) is 11.6. The van der Waals surface area contributed by atoms with Gasteiger partial charge in [-0.15, -0.1) is 0 Å². The zero-order valence-corrected chi connectivity index (χ0v) is 20.9. The standard InChI is InChI=1S/C23H36N2O6S/c1-16(2)15-25(14-8-13-24-22(28)31-23(5,6)7)32-20-11-9-19(10-12-20)21(29-17(3)26)30-18(4)27/h9-12,16,21H,8,13-15H2,1-7H3,(H,24,28). The molecule has 1 aromatic carbocycles. The van der Waals surface area contributed by atoms with Crippen molar-refractivity contribution in [3.05, 3.63) is 29.8 Å². The minimum atomic E-state index is -1.06. The molecule has 0 aliphatic heterocycles. The van der Waals surface area contributed by atoms with Gasteiger partial charge in [0.1, 0.15) is 5.60 Å². The van der Waals surface area contributed by atoms with Crippen LogP contribution in [0.5, 0.6) is 0 Å². The van der Waals surface area contributed by atoms with E-state index in [0.717, 1.165) is 24.4 Å². The average Bonchev–Trinajstić information content (AvgIpc) is 2.62. The average molecular weight is 469 g/mol. The third-order valence-corrected chi connectivity index (χ3v) is 4.83. The highest BCUT2D eigenvalue weighted by Crippen LogP contribution is 2.27. The van der Waals surface area contributed by atoms with Gasteiger partial charge in [0.2, 0.25) is 0 Å². The van der Waals surface area contributed by atoms with Crippen molar-refractivity contribution < 1.29 is 28.6 Å². The lowest BCUT2D eigenvalue weighted by Gasteiger charge is -2.24. The van der Waals surface area contributed by atoms with Crippen molar-refractivity contribution >= 4 is 30.0 Å². The highest BCUT2D eigenvalue weighted by molar-refractivity contribution is 7.97. The second-order valence-electron chi connectivity index (χ2n) is 8.78. The highest BCUT2D eigenvalue weighted by Gasteiger charge is 2.19. The van der Waals surface area contributed by atoms with Crippen LogP contribution >= 0.6 is 11.9 Å². The lowest BCUT2D eigenvalue weighted by Crippen LogP contribution is -2.34. The summed E-state index contributed by atoms with van der Waals surface area (Å²) >= 11 is 1.61. The maximum absolute atomic E-state index is 11.8. The topological polar surface area (TPSA) is 94.2 Å². The molecule has 0 heterocycles. The Hall–Kier alpha value is -2.26. The van der Waals surface area contributed by atoms with Crippen molar-refractivity contribution in [1.82, 2.24) is 9.62 Å². The van der Waals surface area contributed by atoms with Crippen LogP contribution in [0.3, 0.4) is 0 Å². The van der Waals surface area contributed by atoms with Crippen LogP contribution in [0.1, 0.15) is 66.7 Å². The second-order valence-corrected chi connectivity index (χ2v) is 9.95. The third-order valence-electron chi connectivity index (χ3n) is 3.75. The Labute approximate surface area is 195 Å². The zero-order valence-electron chi connectivity index (χ0n) is 20.1. The van der Waals surface area contributed by atoms with Crippen molar-refractivity contribution in [1.29, 1.82) is 0 Å². The van der Waals surface area contributed by atoms with E-state index in [0.29, 0.717) is 18.0 Å². The molecule has 0 aromatic heterocycles. The predicted molar refractivity (Wildman–Crippen MR) is 124 cm³/mol. The van der Waals surface area contributed by atoms with Gasteiger partial charge >= 0.3 is 18.0 Å². The van der Waals surface area contributed by atoms with Gasteiger partial charge in [-0.05, 0) is 57.2 Å². The first-order valence-corrected chi connectivity index (χ1v) is 11.5. The van der Waals surface area contributed by atoms with Gasteiger partial charge < -0.3 is 19.5 Å². The number of hydrogen-bond acceptors (Lipinski definition) is 8. The van der Waals surface area contributed by atoms with E-state index in [9.17, 15) is 14.4 Å². The molecule has 1 rings (SSSR count). The van der Waals surface area contributed by atoms with Crippen molar-refractivity contribution in [2.45, 2.75) is 71.7 Å². The molecule has 1 N–H and O–H groups in total. The molecule has 0 unspecified atom stereocenters. The molecule has 1 aromatic rings. The number of nitrogens with zero attached hydrogens (tertiary/aromatic N) is 1. The van der Waals surface area contributed by atoms with E-state index in [1.807, 2.05) is 32.9 Å². The maximum atomic E-state index is 11.8. The van der Waals surface area contributed by atoms with Crippen LogP contribution in [0.4, 0.5) is 4.79 Å². The molecule has 0 fully saturated rings. The van der Waals surface area contributed by atoms with Crippen molar-refractivity contribution in [2.24, 2.45) is 5.92 Å². The number of carbonyl (C=O) groups is 3. The van der Waals surface area contributed by atoms with Gasteiger partial charge in [-0.25, -0.2) is 9.10 Å². The van der Waals surface area contributed by atoms with E-state index >= 15 is 0 Å². The van der Waals surface area contributed by atoms with Crippen LogP contribution in [-0.2, 0) is 23.8 Å². The molecule has 180 valence electrons. The Morgan fingerprint density at radius 3 is 2.06 bits per heavy atom. The van der Waals surface area contributed by atoms with Crippen LogP contribution in [0.15, 0.2) is 29.2 Å². The number of carbonyl (C=O) groups excluding carboxylic acids is 3. The maximum Gasteiger partial charge on any atom is 0.407 e. The first-order valence-electron chi connectivity index (χ1n) is 10.7. The molecule has 0 aliphatic carbocycles. The number of benzene rings is 1. The van der Waals surface area contributed by atoms with Crippen LogP contribution < -0.4 is 5.32 Å². The summed E-state index contributed by atoms with van der Waals surface area (Å²) in [4.78, 5) is 35.4. The SMILES string of the molecule is CC(=O)OC(OC(C)=O)c1ccc(SN(CCCNC(=O)OC(C)(C)C)CC(C)C)cc1. The Morgan fingerprint density at radius 2 is 1.59 bits per heavy atom. The first kappa shape index (κ1) is 27.8. The summed E-state index contributed by atoms with van der Waals surface area (Å²) < 4.78 is 17.7. The predicted octanol–water partition coefficient (Wildman–Crippen LogP) is 4.69. The molecule has 0 radical (unpaired) electrons. The number of ether oxygens (including phenoxy) is 3. The zero-order chi connectivity index (χ0) is 24.3. The van der Waals surface area contributed by atoms with Gasteiger partial charge in [-0.1, -0.05) is 26.0 Å². The Morgan fingerprint density at radius 1 is 1.03 bits per heavy atom. The van der Waals surface area contributed by atoms with E-state index in [1.54, 1.807) is 24.1 Å². The Balaban J connectivity index is 2.67. The van der Waals surface area contributed by atoms with E-state index in [1.165, 1.54) is 13.8 Å². The molecule has 0 bridgehead atoms. The minimum absolute atomic E-state index is 0.411. The van der Waals surface area contributed by atoms with Crippen LogP contribution in [-0.4, -0.2) is 47.6 Å².